The van der Waals surface area contributed by atoms with Crippen molar-refractivity contribution in [3.63, 3.8) is 0 Å². The Morgan fingerprint density at radius 2 is 0.852 bits per heavy atom. The van der Waals surface area contributed by atoms with Crippen molar-refractivity contribution in [2.24, 2.45) is 23.7 Å². The number of carbonyl (C=O) groups is 6. The van der Waals surface area contributed by atoms with E-state index in [1.165, 1.54) is 28.1 Å². The highest BCUT2D eigenvalue weighted by Crippen LogP contribution is 2.59. The van der Waals surface area contributed by atoms with Crippen molar-refractivity contribution in [2.45, 2.75) is 37.5 Å². The zero-order chi connectivity index (χ0) is 38.7. The summed E-state index contributed by atoms with van der Waals surface area (Å²) in [6, 6.07) is 28.2. The van der Waals surface area contributed by atoms with Crippen LogP contribution in [0.25, 0.3) is 0 Å². The fraction of sp³-hybridized carbons (Fsp3) is 0.286. The number of aldehydes is 1. The number of amides is 3. The molecule has 2 saturated carbocycles. The van der Waals surface area contributed by atoms with Gasteiger partial charge in [-0.05, 0) is 70.8 Å². The summed E-state index contributed by atoms with van der Waals surface area (Å²) < 4.78 is 10.4. The summed E-state index contributed by atoms with van der Waals surface area (Å²) in [6.45, 7) is 2.83. The van der Waals surface area contributed by atoms with Crippen molar-refractivity contribution in [1.82, 2.24) is 0 Å². The Kier molecular flexibility index (Phi) is 10.9. The molecule has 2 aliphatic rings. The maximum absolute atomic E-state index is 14.2. The summed E-state index contributed by atoms with van der Waals surface area (Å²) in [7, 11) is 2.63. The summed E-state index contributed by atoms with van der Waals surface area (Å²) >= 11 is 0. The van der Waals surface area contributed by atoms with Gasteiger partial charge in [-0.25, -0.2) is 0 Å². The highest BCUT2D eigenvalue weighted by atomic mass is 16.5. The molecule has 0 aromatic heterocycles. The largest absolute Gasteiger partial charge is 0.469 e. The zero-order valence-electron chi connectivity index (χ0n) is 30.3. The van der Waals surface area contributed by atoms with Gasteiger partial charge in [0.1, 0.15) is 6.29 Å². The van der Waals surface area contributed by atoms with Gasteiger partial charge in [-0.2, -0.15) is 0 Å². The van der Waals surface area contributed by atoms with Gasteiger partial charge in [0.25, 0.3) is 0 Å². The van der Waals surface area contributed by atoms with Crippen LogP contribution >= 0.6 is 0 Å². The molecule has 2 aliphatic carbocycles. The van der Waals surface area contributed by atoms with Crippen LogP contribution in [0.15, 0.2) is 97.1 Å². The Balaban J connectivity index is 1.28. The molecule has 12 heteroatoms. The van der Waals surface area contributed by atoms with Crippen LogP contribution in [0.4, 0.5) is 22.7 Å². The van der Waals surface area contributed by atoms with Gasteiger partial charge in [-0.3, -0.25) is 24.0 Å². The maximum Gasteiger partial charge on any atom is 0.309 e. The Morgan fingerprint density at radius 1 is 0.519 bits per heavy atom. The number of esters is 2. The third-order valence-electron chi connectivity index (χ3n) is 10.7. The average molecular weight is 731 g/mol. The summed E-state index contributed by atoms with van der Waals surface area (Å²) in [5.41, 5.74) is 11.1. The Hall–Kier alpha value is -6.30. The van der Waals surface area contributed by atoms with E-state index >= 15 is 0 Å². The van der Waals surface area contributed by atoms with Crippen LogP contribution in [0.3, 0.4) is 0 Å². The number of anilines is 4. The number of carbonyl (C=O) groups excluding carboxylic acids is 6. The van der Waals surface area contributed by atoms with Crippen LogP contribution in [0.2, 0.25) is 0 Å². The van der Waals surface area contributed by atoms with Gasteiger partial charge in [0.2, 0.25) is 17.7 Å². The molecule has 4 atom stereocenters. The second kappa shape index (κ2) is 15.7. The lowest BCUT2D eigenvalue weighted by Crippen LogP contribution is -2.51. The van der Waals surface area contributed by atoms with Crippen LogP contribution in [0.1, 0.15) is 59.8 Å². The van der Waals surface area contributed by atoms with E-state index in [1.54, 1.807) is 72.8 Å². The van der Waals surface area contributed by atoms with Gasteiger partial charge < -0.3 is 36.0 Å². The molecule has 5 N–H and O–H groups in total. The first-order chi connectivity index (χ1) is 25.9. The van der Waals surface area contributed by atoms with Crippen molar-refractivity contribution in [1.29, 1.82) is 0 Å². The molecule has 2 fully saturated rings. The smallest absolute Gasteiger partial charge is 0.309 e. The SMILES string of the molecule is COC(=O)C1C(c2ccc(N)cc2)C(C(=O)OC)C1c1ccc(NC(=O)C2C(c3ccc(NC(C)=O)cc3)C(C=O)C2c2ccc(NC(C)=O)cc2)cc1. The summed E-state index contributed by atoms with van der Waals surface area (Å²) in [4.78, 5) is 76.4. The second-order valence-electron chi connectivity index (χ2n) is 13.8. The minimum absolute atomic E-state index is 0.219. The number of hydrogen-bond acceptors (Lipinski definition) is 9. The van der Waals surface area contributed by atoms with Crippen molar-refractivity contribution in [3.05, 3.63) is 119 Å². The lowest BCUT2D eigenvalue weighted by molar-refractivity contribution is -0.164. The van der Waals surface area contributed by atoms with Crippen LogP contribution in [-0.2, 0) is 38.2 Å². The van der Waals surface area contributed by atoms with E-state index in [-0.39, 0.29) is 17.7 Å². The fourth-order valence-electron chi connectivity index (χ4n) is 8.29. The quantitative estimate of drug-likeness (QED) is 0.0868. The lowest BCUT2D eigenvalue weighted by atomic mass is 9.52. The number of rotatable bonds is 11. The molecule has 4 unspecified atom stereocenters. The van der Waals surface area contributed by atoms with Crippen molar-refractivity contribution in [2.75, 3.05) is 35.9 Å². The van der Waals surface area contributed by atoms with Gasteiger partial charge in [-0.15, -0.1) is 0 Å². The molecule has 278 valence electrons. The van der Waals surface area contributed by atoms with Crippen molar-refractivity contribution >= 4 is 58.7 Å². The molecule has 4 aromatic carbocycles. The molecule has 6 rings (SSSR count). The first-order valence-electron chi connectivity index (χ1n) is 17.6. The molecular formula is C42H42N4O8. The minimum Gasteiger partial charge on any atom is -0.469 e. The number of nitrogen functional groups attached to an aromatic ring is 1. The highest BCUT2D eigenvalue weighted by Gasteiger charge is 2.59. The second-order valence-corrected chi connectivity index (χ2v) is 13.8. The maximum atomic E-state index is 14.2. The van der Waals surface area contributed by atoms with E-state index in [0.29, 0.717) is 28.3 Å². The normalized spacial score (nSPS) is 24.1. The third kappa shape index (κ3) is 7.32. The van der Waals surface area contributed by atoms with E-state index in [0.717, 1.165) is 23.0 Å². The number of benzene rings is 4. The van der Waals surface area contributed by atoms with Gasteiger partial charge in [0, 0.05) is 66.2 Å². The molecule has 54 heavy (non-hydrogen) atoms. The molecule has 0 bridgehead atoms. The lowest BCUT2D eigenvalue weighted by Gasteiger charge is -2.49. The van der Waals surface area contributed by atoms with Crippen LogP contribution in [0.5, 0.6) is 0 Å². The predicted octanol–water partition coefficient (Wildman–Crippen LogP) is 5.60. The Labute approximate surface area is 312 Å². The Morgan fingerprint density at radius 3 is 1.19 bits per heavy atom. The average Bonchev–Trinajstić information content (AvgIpc) is 3.13. The Bertz CT molecular complexity index is 1960. The standard InChI is InChI=1S/C42H42N4O8/c1-22(48)44-29-15-7-24(8-16-29)33-32(21-47)34(25-9-17-30(18-10-25)45-23(2)49)37(33)40(50)46-31-19-11-27(12-20-31)36-38(41(51)53-3)35(39(36)42(52)54-4)26-5-13-28(43)14-6-26/h5-21,32-39H,43H2,1-4H3,(H,44,48)(H,45,49)(H,46,50). The zero-order valence-corrected chi connectivity index (χ0v) is 30.3. The van der Waals surface area contributed by atoms with E-state index < -0.39 is 59.3 Å². The molecule has 0 heterocycles. The first-order valence-corrected chi connectivity index (χ1v) is 17.6. The number of methoxy groups -OCH3 is 2. The van der Waals surface area contributed by atoms with E-state index in [4.69, 9.17) is 15.2 Å². The molecule has 4 aromatic rings. The third-order valence-corrected chi connectivity index (χ3v) is 10.7. The fourth-order valence-corrected chi connectivity index (χ4v) is 8.29. The van der Waals surface area contributed by atoms with E-state index in [9.17, 15) is 28.8 Å². The van der Waals surface area contributed by atoms with Crippen LogP contribution in [-0.4, -0.2) is 50.2 Å². The van der Waals surface area contributed by atoms with Crippen LogP contribution < -0.4 is 21.7 Å². The highest BCUT2D eigenvalue weighted by molar-refractivity contribution is 5.96. The van der Waals surface area contributed by atoms with Gasteiger partial charge in [0.05, 0.1) is 32.0 Å². The number of ether oxygens (including phenoxy) is 2. The first kappa shape index (κ1) is 37.5. The molecule has 0 saturated heterocycles. The summed E-state index contributed by atoms with van der Waals surface area (Å²) in [6.07, 6.45) is 0.878. The van der Waals surface area contributed by atoms with E-state index in [1.807, 2.05) is 24.3 Å². The summed E-state index contributed by atoms with van der Waals surface area (Å²) in [5, 5.41) is 8.50. The van der Waals surface area contributed by atoms with Gasteiger partial charge in [0.15, 0.2) is 0 Å². The summed E-state index contributed by atoms with van der Waals surface area (Å²) in [5.74, 6) is -6.15. The topological polar surface area (TPSA) is 183 Å². The van der Waals surface area contributed by atoms with E-state index in [2.05, 4.69) is 16.0 Å². The van der Waals surface area contributed by atoms with Crippen LogP contribution in [0, 0.1) is 23.7 Å². The molecule has 3 amide bonds. The molecule has 0 radical (unpaired) electrons. The number of nitrogens with two attached hydrogens (primary N) is 1. The number of hydrogen-bond donors (Lipinski definition) is 4. The van der Waals surface area contributed by atoms with Gasteiger partial charge in [-0.1, -0.05) is 48.5 Å². The molecule has 12 nitrogen and oxygen atoms in total. The monoisotopic (exact) mass is 730 g/mol. The van der Waals surface area contributed by atoms with Gasteiger partial charge >= 0.3 is 11.9 Å². The predicted molar refractivity (Wildman–Crippen MR) is 202 cm³/mol. The molecular weight excluding hydrogens is 688 g/mol. The molecule has 0 spiro atoms. The number of nitrogens with one attached hydrogen (secondary N) is 3. The van der Waals surface area contributed by atoms with Crippen molar-refractivity contribution < 1.29 is 38.2 Å². The molecule has 0 aliphatic heterocycles. The minimum atomic E-state index is -0.672. The van der Waals surface area contributed by atoms with Crippen molar-refractivity contribution in [3.8, 4) is 0 Å².